The van der Waals surface area contributed by atoms with Gasteiger partial charge in [-0.05, 0) is 0 Å². The van der Waals surface area contributed by atoms with Crippen molar-refractivity contribution in [3.63, 3.8) is 0 Å². The van der Waals surface area contributed by atoms with E-state index in [9.17, 15) is 0 Å². The number of nitrogens with zero attached hydrogens (tertiary/aromatic N) is 1. The van der Waals surface area contributed by atoms with E-state index in [-0.39, 0.29) is 26.8 Å². The molecule has 60 valence electrons. The lowest BCUT2D eigenvalue weighted by atomic mass is 10.4. The van der Waals surface area contributed by atoms with Crippen LogP contribution >= 0.6 is 34.8 Å². The number of anilines is 1. The van der Waals surface area contributed by atoms with Gasteiger partial charge in [-0.3, -0.25) is 0 Å². The molecule has 0 saturated carbocycles. The average Bonchev–Trinajstić information content (AvgIpc) is 1.97. The van der Waals surface area contributed by atoms with Gasteiger partial charge in [0.05, 0.1) is 5.69 Å². The fourth-order valence-electron chi connectivity index (χ4n) is 0.514. The highest BCUT2D eigenvalue weighted by Gasteiger charge is 2.12. The Kier molecular flexibility index (Phi) is 2.32. The van der Waals surface area contributed by atoms with Crippen LogP contribution in [-0.2, 0) is 0 Å². The van der Waals surface area contributed by atoms with Crippen LogP contribution in [0.4, 0.5) is 5.69 Å². The molecule has 0 saturated heterocycles. The largest absolute Gasteiger partial charge is 0.503 e. The molecule has 0 aliphatic carbocycles. The molecular weight excluding hydrogens is 210 g/mol. The minimum atomic E-state index is -0.346. The van der Waals surface area contributed by atoms with Gasteiger partial charge in [0, 0.05) is 0 Å². The second-order valence-electron chi connectivity index (χ2n) is 1.77. The predicted molar refractivity (Wildman–Crippen MR) is 45.3 cm³/mol. The van der Waals surface area contributed by atoms with Crippen LogP contribution < -0.4 is 5.73 Å². The molecular formula is C5H3Cl3N2O. The van der Waals surface area contributed by atoms with Gasteiger partial charge in [0.2, 0.25) is 0 Å². The standard InChI is InChI=1S/C5H3Cl3N2O/c6-1-2(9)3(11)5(8)10-4(1)7/h11H,(H2,9,10). The van der Waals surface area contributed by atoms with Crippen molar-refractivity contribution in [1.29, 1.82) is 0 Å². The van der Waals surface area contributed by atoms with Gasteiger partial charge in [0.15, 0.2) is 16.1 Å². The van der Waals surface area contributed by atoms with Crippen LogP contribution in [0.25, 0.3) is 0 Å². The Morgan fingerprint density at radius 3 is 2.27 bits per heavy atom. The molecule has 0 atom stereocenters. The number of pyridine rings is 1. The van der Waals surface area contributed by atoms with Crippen LogP contribution in [0.3, 0.4) is 0 Å². The third-order valence-corrected chi connectivity index (χ3v) is 2.08. The van der Waals surface area contributed by atoms with E-state index in [1.54, 1.807) is 0 Å². The van der Waals surface area contributed by atoms with Gasteiger partial charge < -0.3 is 10.8 Å². The molecule has 0 bridgehead atoms. The van der Waals surface area contributed by atoms with Crippen LogP contribution in [0.15, 0.2) is 0 Å². The highest BCUT2D eigenvalue weighted by atomic mass is 35.5. The van der Waals surface area contributed by atoms with Crippen molar-refractivity contribution in [1.82, 2.24) is 4.98 Å². The van der Waals surface area contributed by atoms with E-state index in [2.05, 4.69) is 4.98 Å². The molecule has 0 fully saturated rings. The SMILES string of the molecule is Nc1c(O)c(Cl)nc(Cl)c1Cl. The molecule has 0 aliphatic heterocycles. The van der Waals surface area contributed by atoms with E-state index in [0.29, 0.717) is 0 Å². The first-order valence-corrected chi connectivity index (χ1v) is 3.66. The molecule has 1 heterocycles. The Labute approximate surface area is 77.7 Å². The fourth-order valence-corrected chi connectivity index (χ4v) is 1.06. The van der Waals surface area contributed by atoms with Crippen molar-refractivity contribution < 1.29 is 5.11 Å². The monoisotopic (exact) mass is 212 g/mol. The fraction of sp³-hybridized carbons (Fsp3) is 0. The molecule has 1 rings (SSSR count). The number of hydrogen-bond acceptors (Lipinski definition) is 3. The molecule has 1 aromatic rings. The molecule has 0 radical (unpaired) electrons. The average molecular weight is 213 g/mol. The zero-order valence-electron chi connectivity index (χ0n) is 5.11. The zero-order chi connectivity index (χ0) is 8.59. The Morgan fingerprint density at radius 1 is 1.18 bits per heavy atom. The lowest BCUT2D eigenvalue weighted by molar-refractivity contribution is 0.476. The third kappa shape index (κ3) is 1.45. The Hall–Kier alpha value is -0.380. The zero-order valence-corrected chi connectivity index (χ0v) is 7.37. The molecule has 0 amide bonds. The number of aromatic nitrogens is 1. The van der Waals surface area contributed by atoms with Crippen molar-refractivity contribution in [2.75, 3.05) is 5.73 Å². The molecule has 3 N–H and O–H groups in total. The second kappa shape index (κ2) is 2.93. The van der Waals surface area contributed by atoms with Gasteiger partial charge in [-0.1, -0.05) is 34.8 Å². The van der Waals surface area contributed by atoms with Gasteiger partial charge in [-0.25, -0.2) is 4.98 Å². The van der Waals surface area contributed by atoms with E-state index in [0.717, 1.165) is 0 Å². The number of rotatable bonds is 0. The topological polar surface area (TPSA) is 59.1 Å². The van der Waals surface area contributed by atoms with Gasteiger partial charge in [-0.15, -0.1) is 0 Å². The first-order valence-electron chi connectivity index (χ1n) is 2.53. The van der Waals surface area contributed by atoms with Crippen molar-refractivity contribution in [3.8, 4) is 5.75 Å². The summed E-state index contributed by atoms with van der Waals surface area (Å²) < 4.78 is 0. The molecule has 11 heavy (non-hydrogen) atoms. The molecule has 0 unspecified atom stereocenters. The van der Waals surface area contributed by atoms with Crippen molar-refractivity contribution in [3.05, 3.63) is 15.3 Å². The summed E-state index contributed by atoms with van der Waals surface area (Å²) in [6.45, 7) is 0. The first-order chi connectivity index (χ1) is 5.04. The highest BCUT2D eigenvalue weighted by Crippen LogP contribution is 2.37. The van der Waals surface area contributed by atoms with Gasteiger partial charge in [0.25, 0.3) is 0 Å². The number of nitrogens with two attached hydrogens (primary N) is 1. The predicted octanol–water partition coefficient (Wildman–Crippen LogP) is 2.33. The van der Waals surface area contributed by atoms with Crippen molar-refractivity contribution >= 4 is 40.5 Å². The molecule has 1 aromatic heterocycles. The van der Waals surface area contributed by atoms with Crippen LogP contribution in [0.5, 0.6) is 5.75 Å². The van der Waals surface area contributed by atoms with E-state index in [1.165, 1.54) is 0 Å². The third-order valence-electron chi connectivity index (χ3n) is 1.06. The van der Waals surface area contributed by atoms with E-state index >= 15 is 0 Å². The Morgan fingerprint density at radius 2 is 1.73 bits per heavy atom. The van der Waals surface area contributed by atoms with Crippen molar-refractivity contribution in [2.45, 2.75) is 0 Å². The Balaban J connectivity index is 3.46. The van der Waals surface area contributed by atoms with Crippen LogP contribution in [0.2, 0.25) is 15.3 Å². The molecule has 6 heteroatoms. The van der Waals surface area contributed by atoms with Crippen LogP contribution in [0, 0.1) is 0 Å². The summed E-state index contributed by atoms with van der Waals surface area (Å²) in [6.07, 6.45) is 0. The minimum Gasteiger partial charge on any atom is -0.503 e. The number of aromatic hydroxyl groups is 1. The summed E-state index contributed by atoms with van der Waals surface area (Å²) in [7, 11) is 0. The Bertz CT molecular complexity index is 276. The van der Waals surface area contributed by atoms with Crippen LogP contribution in [0.1, 0.15) is 0 Å². The maximum atomic E-state index is 9.05. The summed E-state index contributed by atoms with van der Waals surface area (Å²) in [5.41, 5.74) is 5.23. The normalized spacial score (nSPS) is 10.1. The van der Waals surface area contributed by atoms with E-state index < -0.39 is 0 Å². The second-order valence-corrected chi connectivity index (χ2v) is 2.86. The van der Waals surface area contributed by atoms with E-state index in [4.69, 9.17) is 45.6 Å². The lowest BCUT2D eigenvalue weighted by Crippen LogP contribution is -1.91. The molecule has 0 spiro atoms. The summed E-state index contributed by atoms with van der Waals surface area (Å²) in [6, 6.07) is 0. The summed E-state index contributed by atoms with van der Waals surface area (Å²) in [5.74, 6) is -0.346. The van der Waals surface area contributed by atoms with Gasteiger partial charge in [-0.2, -0.15) is 0 Å². The van der Waals surface area contributed by atoms with Crippen LogP contribution in [-0.4, -0.2) is 10.1 Å². The van der Waals surface area contributed by atoms with E-state index in [1.807, 2.05) is 0 Å². The maximum Gasteiger partial charge on any atom is 0.178 e. The van der Waals surface area contributed by atoms with Gasteiger partial charge >= 0.3 is 0 Å². The number of hydrogen-bond donors (Lipinski definition) is 2. The molecule has 0 aliphatic rings. The lowest BCUT2D eigenvalue weighted by Gasteiger charge is -2.03. The summed E-state index contributed by atoms with van der Waals surface area (Å²) in [4.78, 5) is 3.50. The summed E-state index contributed by atoms with van der Waals surface area (Å²) >= 11 is 16.4. The number of halogens is 3. The maximum absolute atomic E-state index is 9.05. The minimum absolute atomic E-state index is 0.00793. The smallest absolute Gasteiger partial charge is 0.178 e. The quantitative estimate of drug-likeness (QED) is 0.650. The summed E-state index contributed by atoms with van der Waals surface area (Å²) in [5, 5.41) is 8.88. The first kappa shape index (κ1) is 8.71. The molecule has 0 aromatic carbocycles. The van der Waals surface area contributed by atoms with Gasteiger partial charge in [0.1, 0.15) is 5.02 Å². The molecule has 3 nitrogen and oxygen atoms in total. The van der Waals surface area contributed by atoms with Crippen molar-refractivity contribution in [2.24, 2.45) is 0 Å². The highest BCUT2D eigenvalue weighted by molar-refractivity contribution is 6.44. The number of nitrogen functional groups attached to an aromatic ring is 1.